The van der Waals surface area contributed by atoms with Crippen LogP contribution in [0.25, 0.3) is 0 Å². The molecule has 0 aromatic carbocycles. The minimum atomic E-state index is -0.0679. The van der Waals surface area contributed by atoms with Gasteiger partial charge in [0, 0.05) is 0 Å². The molecule has 0 heterocycles. The summed E-state index contributed by atoms with van der Waals surface area (Å²) in [5, 5.41) is 10.2. The van der Waals surface area contributed by atoms with Crippen molar-refractivity contribution in [3.8, 4) is 0 Å². The molecule has 8 unspecified atom stereocenters. The van der Waals surface area contributed by atoms with E-state index in [2.05, 4.69) is 32.6 Å². The molecule has 0 radical (unpaired) electrons. The minimum absolute atomic E-state index is 0.0679. The number of aliphatic hydroxyl groups is 1. The summed E-state index contributed by atoms with van der Waals surface area (Å²) < 4.78 is 0. The standard InChI is InChI=1S/C26H44O.CH5N/c1-4-5-6-7-8-18(2)21-11-12-23-22(21)13-14-25-24(23)10-9-19-17-20(27)15-16-26(19,25)3;1-2/h9,18,20-25,27H,4-8,10-17H2,1-3H3;2H2,1H3. The molecule has 0 aliphatic heterocycles. The molecule has 4 aliphatic rings. The smallest absolute Gasteiger partial charge is 0.0577 e. The second-order valence-electron chi connectivity index (χ2n) is 11.0. The lowest BCUT2D eigenvalue weighted by atomic mass is 9.50. The Labute approximate surface area is 181 Å². The highest BCUT2D eigenvalue weighted by atomic mass is 16.3. The third kappa shape index (κ3) is 4.64. The van der Waals surface area contributed by atoms with Crippen molar-refractivity contribution in [2.75, 3.05) is 7.05 Å². The van der Waals surface area contributed by atoms with Gasteiger partial charge < -0.3 is 10.8 Å². The first kappa shape index (κ1) is 23.3. The normalized spacial score (nSPS) is 41.9. The summed E-state index contributed by atoms with van der Waals surface area (Å²) in [6.45, 7) is 7.46. The summed E-state index contributed by atoms with van der Waals surface area (Å²) >= 11 is 0. The predicted octanol–water partition coefficient (Wildman–Crippen LogP) is 6.72. The van der Waals surface area contributed by atoms with Crippen molar-refractivity contribution in [1.82, 2.24) is 0 Å². The lowest BCUT2D eigenvalue weighted by Crippen LogP contribution is -2.47. The van der Waals surface area contributed by atoms with Gasteiger partial charge in [-0.15, -0.1) is 0 Å². The fraction of sp³-hybridized carbons (Fsp3) is 0.926. The van der Waals surface area contributed by atoms with Crippen LogP contribution < -0.4 is 5.73 Å². The van der Waals surface area contributed by atoms with Crippen LogP contribution in [-0.4, -0.2) is 18.3 Å². The molecule has 3 saturated carbocycles. The van der Waals surface area contributed by atoms with E-state index >= 15 is 0 Å². The van der Waals surface area contributed by atoms with Gasteiger partial charge in [0.1, 0.15) is 0 Å². The molecule has 4 rings (SSSR count). The van der Waals surface area contributed by atoms with Crippen LogP contribution >= 0.6 is 0 Å². The monoisotopic (exact) mass is 403 g/mol. The van der Waals surface area contributed by atoms with Gasteiger partial charge in [-0.25, -0.2) is 0 Å². The third-order valence-electron chi connectivity index (χ3n) is 9.70. The van der Waals surface area contributed by atoms with Crippen molar-refractivity contribution >= 4 is 0 Å². The van der Waals surface area contributed by atoms with E-state index in [0.717, 1.165) is 48.3 Å². The van der Waals surface area contributed by atoms with Crippen molar-refractivity contribution in [1.29, 1.82) is 0 Å². The van der Waals surface area contributed by atoms with Crippen LogP contribution in [0.1, 0.15) is 104 Å². The first-order valence-corrected chi connectivity index (χ1v) is 13.0. The molecule has 168 valence electrons. The lowest BCUT2D eigenvalue weighted by molar-refractivity contribution is -0.0152. The van der Waals surface area contributed by atoms with Crippen LogP contribution in [0.3, 0.4) is 0 Å². The Bertz CT molecular complexity index is 543. The van der Waals surface area contributed by atoms with Gasteiger partial charge in [0.2, 0.25) is 0 Å². The second kappa shape index (κ2) is 10.3. The van der Waals surface area contributed by atoms with Gasteiger partial charge in [-0.3, -0.25) is 0 Å². The molecule has 0 amide bonds. The molecule has 0 spiro atoms. The van der Waals surface area contributed by atoms with Gasteiger partial charge in [-0.05, 0) is 99.3 Å². The Hall–Kier alpha value is -0.340. The summed E-state index contributed by atoms with van der Waals surface area (Å²) in [5.41, 5.74) is 6.54. The Morgan fingerprint density at radius 1 is 1.03 bits per heavy atom. The molecule has 2 heteroatoms. The Kier molecular flexibility index (Phi) is 8.30. The number of fused-ring (bicyclic) bond motifs is 5. The second-order valence-corrected chi connectivity index (χ2v) is 11.0. The van der Waals surface area contributed by atoms with Gasteiger partial charge in [-0.1, -0.05) is 64.5 Å². The fourth-order valence-electron chi connectivity index (χ4n) is 8.15. The lowest BCUT2D eigenvalue weighted by Gasteiger charge is -2.55. The van der Waals surface area contributed by atoms with Crippen molar-refractivity contribution in [3.63, 3.8) is 0 Å². The Balaban J connectivity index is 0.00000117. The summed E-state index contributed by atoms with van der Waals surface area (Å²) in [6, 6.07) is 0. The average Bonchev–Trinajstić information content (AvgIpc) is 3.17. The van der Waals surface area contributed by atoms with Crippen LogP contribution in [0, 0.1) is 40.9 Å². The highest BCUT2D eigenvalue weighted by Gasteiger charge is 2.54. The van der Waals surface area contributed by atoms with E-state index in [1.807, 2.05) is 0 Å². The number of aliphatic hydroxyl groups excluding tert-OH is 1. The van der Waals surface area contributed by atoms with E-state index in [-0.39, 0.29) is 6.10 Å². The predicted molar refractivity (Wildman–Crippen MR) is 125 cm³/mol. The number of rotatable bonds is 6. The van der Waals surface area contributed by atoms with E-state index in [4.69, 9.17) is 0 Å². The highest BCUT2D eigenvalue weighted by Crippen LogP contribution is 2.62. The average molecular weight is 404 g/mol. The van der Waals surface area contributed by atoms with Gasteiger partial charge in [-0.2, -0.15) is 0 Å². The zero-order chi connectivity index (χ0) is 21.0. The molecular weight excluding hydrogens is 354 g/mol. The first-order chi connectivity index (χ1) is 14.0. The summed E-state index contributed by atoms with van der Waals surface area (Å²) in [6.07, 6.45) is 20.2. The van der Waals surface area contributed by atoms with E-state index in [1.165, 1.54) is 77.7 Å². The maximum atomic E-state index is 10.2. The zero-order valence-electron chi connectivity index (χ0n) is 19.8. The summed E-state index contributed by atoms with van der Waals surface area (Å²) in [5.74, 6) is 5.86. The number of hydrogen-bond donors (Lipinski definition) is 2. The van der Waals surface area contributed by atoms with E-state index in [1.54, 1.807) is 5.57 Å². The van der Waals surface area contributed by atoms with Crippen molar-refractivity contribution in [3.05, 3.63) is 11.6 Å². The molecule has 3 N–H and O–H groups in total. The molecule has 8 atom stereocenters. The third-order valence-corrected chi connectivity index (χ3v) is 9.70. The van der Waals surface area contributed by atoms with Crippen molar-refractivity contribution in [2.24, 2.45) is 46.7 Å². The fourth-order valence-corrected chi connectivity index (χ4v) is 8.15. The summed E-state index contributed by atoms with van der Waals surface area (Å²) in [4.78, 5) is 0. The molecular formula is C27H49NO. The molecule has 0 saturated heterocycles. The van der Waals surface area contributed by atoms with Gasteiger partial charge in [0.15, 0.2) is 0 Å². The number of allylic oxidation sites excluding steroid dienone is 1. The molecule has 0 aromatic heterocycles. The van der Waals surface area contributed by atoms with Crippen LogP contribution in [0.5, 0.6) is 0 Å². The molecule has 4 aliphatic carbocycles. The number of nitrogens with two attached hydrogens (primary N) is 1. The van der Waals surface area contributed by atoms with Crippen LogP contribution in [0.15, 0.2) is 11.6 Å². The van der Waals surface area contributed by atoms with E-state index in [0.29, 0.717) is 5.41 Å². The molecule has 0 bridgehead atoms. The van der Waals surface area contributed by atoms with Gasteiger partial charge in [0.25, 0.3) is 0 Å². The minimum Gasteiger partial charge on any atom is -0.393 e. The van der Waals surface area contributed by atoms with Gasteiger partial charge >= 0.3 is 0 Å². The quantitative estimate of drug-likeness (QED) is 0.382. The highest BCUT2D eigenvalue weighted by molar-refractivity contribution is 5.24. The van der Waals surface area contributed by atoms with E-state index in [9.17, 15) is 5.11 Å². The maximum Gasteiger partial charge on any atom is 0.0577 e. The largest absolute Gasteiger partial charge is 0.393 e. The molecule has 2 nitrogen and oxygen atoms in total. The zero-order valence-corrected chi connectivity index (χ0v) is 19.8. The van der Waals surface area contributed by atoms with Crippen LogP contribution in [0.2, 0.25) is 0 Å². The molecule has 0 aromatic rings. The molecule has 3 fully saturated rings. The molecule has 29 heavy (non-hydrogen) atoms. The Morgan fingerprint density at radius 3 is 2.55 bits per heavy atom. The van der Waals surface area contributed by atoms with Crippen LogP contribution in [0.4, 0.5) is 0 Å². The van der Waals surface area contributed by atoms with Crippen molar-refractivity contribution in [2.45, 2.75) is 110 Å². The first-order valence-electron chi connectivity index (χ1n) is 13.0. The SMILES string of the molecule is CCCCCCC(C)C1CCC2C1CCC1C2CC=C2CC(O)CCC21C.CN. The Morgan fingerprint density at radius 2 is 1.79 bits per heavy atom. The van der Waals surface area contributed by atoms with E-state index < -0.39 is 0 Å². The summed E-state index contributed by atoms with van der Waals surface area (Å²) in [7, 11) is 1.50. The maximum absolute atomic E-state index is 10.2. The number of hydrogen-bond acceptors (Lipinski definition) is 2. The number of unbranched alkanes of at least 4 members (excludes halogenated alkanes) is 3. The van der Waals surface area contributed by atoms with Gasteiger partial charge in [0.05, 0.1) is 6.10 Å². The van der Waals surface area contributed by atoms with Crippen LogP contribution in [-0.2, 0) is 0 Å². The topological polar surface area (TPSA) is 46.2 Å². The van der Waals surface area contributed by atoms with Crippen molar-refractivity contribution < 1.29 is 5.11 Å².